The zero-order valence-corrected chi connectivity index (χ0v) is 13.2. The van der Waals surface area contributed by atoms with Crippen molar-refractivity contribution in [2.24, 2.45) is 0 Å². The second-order valence-electron chi connectivity index (χ2n) is 5.67. The molecule has 4 rings (SSSR count). The van der Waals surface area contributed by atoms with Gasteiger partial charge in [0.05, 0.1) is 6.61 Å². The highest BCUT2D eigenvalue weighted by Crippen LogP contribution is 2.39. The van der Waals surface area contributed by atoms with E-state index in [1.54, 1.807) is 0 Å². The maximum absolute atomic E-state index is 5.88. The molecule has 0 amide bonds. The number of allylic oxidation sites excluding steroid dienone is 1. The lowest BCUT2D eigenvalue weighted by Crippen LogP contribution is -1.89. The van der Waals surface area contributed by atoms with Crippen molar-refractivity contribution in [2.45, 2.75) is 19.3 Å². The Morgan fingerprint density at radius 3 is 2.86 bits per heavy atom. The number of nitrogens with two attached hydrogens (primary N) is 1. The van der Waals surface area contributed by atoms with Crippen molar-refractivity contribution >= 4 is 33.3 Å². The highest BCUT2D eigenvalue weighted by atomic mass is 79.9. The van der Waals surface area contributed by atoms with Crippen LogP contribution in [0.2, 0.25) is 0 Å². The van der Waals surface area contributed by atoms with Crippen molar-refractivity contribution in [3.05, 3.63) is 57.1 Å². The van der Waals surface area contributed by atoms with Gasteiger partial charge in [0.1, 0.15) is 5.75 Å². The van der Waals surface area contributed by atoms with Crippen LogP contribution in [-0.2, 0) is 12.8 Å². The summed E-state index contributed by atoms with van der Waals surface area (Å²) < 4.78 is 6.94. The molecule has 0 spiro atoms. The Morgan fingerprint density at radius 1 is 1.05 bits per heavy atom. The molecule has 2 nitrogen and oxygen atoms in total. The number of anilines is 1. The standard InChI is InChI=1S/C18H16BrNO/c19-15-8-13-5-6-21-18(13)14(9-15)7-11-1-2-12-10-16(20)3-4-17(11)12/h3-4,7-10H,1-2,5-6,20H2/b11-7+. The van der Waals surface area contributed by atoms with Gasteiger partial charge in [0, 0.05) is 22.1 Å². The molecule has 0 unspecified atom stereocenters. The molecule has 0 radical (unpaired) electrons. The number of nitrogen functional groups attached to an aromatic ring is 1. The van der Waals surface area contributed by atoms with Gasteiger partial charge in [0.25, 0.3) is 0 Å². The minimum Gasteiger partial charge on any atom is -0.492 e. The van der Waals surface area contributed by atoms with Crippen LogP contribution >= 0.6 is 15.9 Å². The minimum absolute atomic E-state index is 0.787. The van der Waals surface area contributed by atoms with E-state index in [0.717, 1.165) is 41.8 Å². The van der Waals surface area contributed by atoms with Gasteiger partial charge in [-0.05, 0) is 65.4 Å². The number of hydrogen-bond donors (Lipinski definition) is 1. The van der Waals surface area contributed by atoms with Crippen molar-refractivity contribution < 1.29 is 4.74 Å². The van der Waals surface area contributed by atoms with Crippen LogP contribution in [0.5, 0.6) is 5.75 Å². The highest BCUT2D eigenvalue weighted by Gasteiger charge is 2.20. The maximum atomic E-state index is 5.88. The normalized spacial score (nSPS) is 17.7. The summed E-state index contributed by atoms with van der Waals surface area (Å²) in [6.07, 6.45) is 5.42. The van der Waals surface area contributed by atoms with Gasteiger partial charge in [0.15, 0.2) is 0 Å². The lowest BCUT2D eigenvalue weighted by molar-refractivity contribution is 0.356. The largest absolute Gasteiger partial charge is 0.492 e. The number of aryl methyl sites for hydroxylation is 1. The first-order valence-electron chi connectivity index (χ1n) is 7.25. The van der Waals surface area contributed by atoms with E-state index >= 15 is 0 Å². The van der Waals surface area contributed by atoms with Crippen LogP contribution in [0.4, 0.5) is 5.69 Å². The predicted octanol–water partition coefficient (Wildman–Crippen LogP) is 4.45. The molecule has 106 valence electrons. The zero-order chi connectivity index (χ0) is 14.4. The first-order valence-corrected chi connectivity index (χ1v) is 8.04. The second kappa shape index (κ2) is 4.92. The number of halogens is 1. The van der Waals surface area contributed by atoms with E-state index in [0.29, 0.717) is 0 Å². The Morgan fingerprint density at radius 2 is 1.95 bits per heavy atom. The molecule has 1 aliphatic carbocycles. The van der Waals surface area contributed by atoms with Crippen molar-refractivity contribution in [3.8, 4) is 5.75 Å². The Balaban J connectivity index is 1.81. The fourth-order valence-corrected chi connectivity index (χ4v) is 3.80. The summed E-state index contributed by atoms with van der Waals surface area (Å²) in [7, 11) is 0. The topological polar surface area (TPSA) is 35.2 Å². The molecule has 2 N–H and O–H groups in total. The average molecular weight is 342 g/mol. The van der Waals surface area contributed by atoms with E-state index in [1.165, 1.54) is 27.8 Å². The van der Waals surface area contributed by atoms with Crippen molar-refractivity contribution in [1.29, 1.82) is 0 Å². The molecular formula is C18H16BrNO. The number of hydrogen-bond acceptors (Lipinski definition) is 2. The third kappa shape index (κ3) is 2.26. The van der Waals surface area contributed by atoms with Crippen LogP contribution in [0.15, 0.2) is 34.8 Å². The molecule has 3 heteroatoms. The molecule has 0 saturated carbocycles. The van der Waals surface area contributed by atoms with Gasteiger partial charge >= 0.3 is 0 Å². The lowest BCUT2D eigenvalue weighted by atomic mass is 10.0. The summed E-state index contributed by atoms with van der Waals surface area (Å²) >= 11 is 3.61. The third-order valence-electron chi connectivity index (χ3n) is 4.25. The van der Waals surface area contributed by atoms with Crippen LogP contribution in [0.3, 0.4) is 0 Å². The van der Waals surface area contributed by atoms with Crippen LogP contribution in [0.25, 0.3) is 11.6 Å². The predicted molar refractivity (Wildman–Crippen MR) is 90.4 cm³/mol. The highest BCUT2D eigenvalue weighted by molar-refractivity contribution is 9.10. The van der Waals surface area contributed by atoms with Gasteiger partial charge in [-0.15, -0.1) is 0 Å². The summed E-state index contributed by atoms with van der Waals surface area (Å²) in [5.74, 6) is 1.05. The Labute approximate surface area is 132 Å². The summed E-state index contributed by atoms with van der Waals surface area (Å²) in [5, 5.41) is 0. The van der Waals surface area contributed by atoms with Crippen molar-refractivity contribution in [1.82, 2.24) is 0 Å². The Hall–Kier alpha value is -1.74. The molecule has 2 aromatic rings. The summed E-state index contributed by atoms with van der Waals surface area (Å²) in [4.78, 5) is 0. The molecule has 2 aromatic carbocycles. The fourth-order valence-electron chi connectivity index (χ4n) is 3.28. The van der Waals surface area contributed by atoms with Crippen LogP contribution in [0.1, 0.15) is 28.7 Å². The van der Waals surface area contributed by atoms with Gasteiger partial charge in [-0.1, -0.05) is 22.0 Å². The van der Waals surface area contributed by atoms with E-state index in [-0.39, 0.29) is 0 Å². The quantitative estimate of drug-likeness (QED) is 0.777. The van der Waals surface area contributed by atoms with Gasteiger partial charge < -0.3 is 10.5 Å². The van der Waals surface area contributed by atoms with E-state index in [1.807, 2.05) is 6.07 Å². The maximum Gasteiger partial charge on any atom is 0.129 e. The van der Waals surface area contributed by atoms with E-state index < -0.39 is 0 Å². The van der Waals surface area contributed by atoms with E-state index in [4.69, 9.17) is 10.5 Å². The molecule has 0 aromatic heterocycles. The van der Waals surface area contributed by atoms with Crippen molar-refractivity contribution in [3.63, 3.8) is 0 Å². The summed E-state index contributed by atoms with van der Waals surface area (Å²) in [6.45, 7) is 0.787. The van der Waals surface area contributed by atoms with Gasteiger partial charge in [-0.25, -0.2) is 0 Å². The number of benzene rings is 2. The number of ether oxygens (including phenoxy) is 1. The van der Waals surface area contributed by atoms with Crippen LogP contribution < -0.4 is 10.5 Å². The van der Waals surface area contributed by atoms with Crippen molar-refractivity contribution in [2.75, 3.05) is 12.3 Å². The molecule has 0 saturated heterocycles. The molecule has 0 fully saturated rings. The molecule has 1 aliphatic heterocycles. The van der Waals surface area contributed by atoms with Crippen LogP contribution in [0, 0.1) is 0 Å². The van der Waals surface area contributed by atoms with E-state index in [2.05, 4.69) is 46.3 Å². The Kier molecular flexibility index (Phi) is 3.03. The molecular weight excluding hydrogens is 326 g/mol. The first kappa shape index (κ1) is 13.0. The number of fused-ring (bicyclic) bond motifs is 2. The summed E-state index contributed by atoms with van der Waals surface area (Å²) in [6, 6.07) is 10.5. The molecule has 0 atom stereocenters. The smallest absolute Gasteiger partial charge is 0.129 e. The molecule has 1 heterocycles. The van der Waals surface area contributed by atoms with Gasteiger partial charge in [-0.2, -0.15) is 0 Å². The SMILES string of the molecule is Nc1ccc2c(c1)CC/C2=C\c1cc(Br)cc2c1OCC2. The molecule has 0 bridgehead atoms. The molecule has 2 aliphatic rings. The lowest BCUT2D eigenvalue weighted by Gasteiger charge is -2.07. The Bertz CT molecular complexity index is 764. The minimum atomic E-state index is 0.787. The van der Waals surface area contributed by atoms with Gasteiger partial charge in [0.2, 0.25) is 0 Å². The number of rotatable bonds is 1. The zero-order valence-electron chi connectivity index (χ0n) is 11.7. The van der Waals surface area contributed by atoms with Gasteiger partial charge in [-0.3, -0.25) is 0 Å². The second-order valence-corrected chi connectivity index (χ2v) is 6.58. The monoisotopic (exact) mass is 341 g/mol. The summed E-state index contributed by atoms with van der Waals surface area (Å²) in [5.41, 5.74) is 13.3. The van der Waals surface area contributed by atoms with E-state index in [9.17, 15) is 0 Å². The first-order chi connectivity index (χ1) is 10.2. The van der Waals surface area contributed by atoms with Crippen LogP contribution in [-0.4, -0.2) is 6.61 Å². The fraction of sp³-hybridized carbons (Fsp3) is 0.222. The average Bonchev–Trinajstić information content (AvgIpc) is 3.05. The third-order valence-corrected chi connectivity index (χ3v) is 4.70. The molecule has 21 heavy (non-hydrogen) atoms.